The van der Waals surface area contributed by atoms with Gasteiger partial charge in [0.1, 0.15) is 30.2 Å². The summed E-state index contributed by atoms with van der Waals surface area (Å²) in [5, 5.41) is 20.6. The molecule has 6 atom stereocenters. The van der Waals surface area contributed by atoms with Crippen LogP contribution in [0.15, 0.2) is 12.7 Å². The molecule has 21 heteroatoms. The highest BCUT2D eigenvalue weighted by molar-refractivity contribution is 8.10. The Bertz CT molecular complexity index is 1130. The fourth-order valence-corrected chi connectivity index (χ4v) is 7.72. The molecule has 0 amide bonds. The highest BCUT2D eigenvalue weighted by Crippen LogP contribution is 2.69. The number of phosphoric acid groups is 2. The maximum absolute atomic E-state index is 12.2. The Morgan fingerprint density at radius 1 is 1.19 bits per heavy atom. The Morgan fingerprint density at radius 3 is 2.50 bits per heavy atom. The molecule has 0 aromatic carbocycles. The summed E-state index contributed by atoms with van der Waals surface area (Å²) in [6, 6.07) is 0. The highest BCUT2D eigenvalue weighted by Gasteiger charge is 2.46. The molecule has 17 nitrogen and oxygen atoms in total. The van der Waals surface area contributed by atoms with Crippen LogP contribution in [0.4, 0.5) is 5.82 Å². The SMILES string of the molecule is COP(=S)(OP(=O)(O)O)OP(=O)(O)OC[C@H]1O[C@@H](n2cnc3c(N)ncnc32)[C@H](O)[C@@H]1O. The van der Waals surface area contributed by atoms with Crippen LogP contribution >= 0.6 is 22.4 Å². The van der Waals surface area contributed by atoms with Gasteiger partial charge in [-0.15, -0.1) is 0 Å². The summed E-state index contributed by atoms with van der Waals surface area (Å²) < 4.78 is 47.7. The molecule has 0 saturated carbocycles. The summed E-state index contributed by atoms with van der Waals surface area (Å²) in [5.41, 5.74) is 6.13. The maximum Gasteiger partial charge on any atom is 0.479 e. The Balaban J connectivity index is 1.70. The molecular formula is C11H18N5O12P3S. The minimum Gasteiger partial charge on any atom is -0.387 e. The fraction of sp³-hybridized carbons (Fsp3) is 0.545. The van der Waals surface area contributed by atoms with Crippen molar-refractivity contribution >= 4 is 51.2 Å². The topological polar surface area (TPSA) is 251 Å². The van der Waals surface area contributed by atoms with Crippen LogP contribution < -0.4 is 5.73 Å². The number of phosphoric ester groups is 1. The number of fused-ring (bicyclic) bond motifs is 1. The van der Waals surface area contributed by atoms with Gasteiger partial charge in [0.05, 0.1) is 12.9 Å². The van der Waals surface area contributed by atoms with E-state index in [1.165, 1.54) is 10.9 Å². The molecule has 2 aromatic rings. The van der Waals surface area contributed by atoms with Crippen molar-refractivity contribution in [1.29, 1.82) is 0 Å². The first-order chi connectivity index (χ1) is 14.8. The Labute approximate surface area is 184 Å². The molecule has 7 N–H and O–H groups in total. The minimum atomic E-state index is -5.23. The van der Waals surface area contributed by atoms with E-state index in [-0.39, 0.29) is 17.0 Å². The van der Waals surface area contributed by atoms with Crippen LogP contribution in [0.3, 0.4) is 0 Å². The second-order valence-electron chi connectivity index (χ2n) is 6.18. The van der Waals surface area contributed by atoms with E-state index in [1.807, 2.05) is 0 Å². The van der Waals surface area contributed by atoms with E-state index in [0.29, 0.717) is 0 Å². The lowest BCUT2D eigenvalue weighted by Crippen LogP contribution is -2.33. The van der Waals surface area contributed by atoms with Gasteiger partial charge in [0.15, 0.2) is 17.7 Å². The summed E-state index contributed by atoms with van der Waals surface area (Å²) >= 11 is 4.61. The van der Waals surface area contributed by atoms with Crippen LogP contribution in [-0.4, -0.2) is 76.4 Å². The van der Waals surface area contributed by atoms with E-state index in [2.05, 4.69) is 44.4 Å². The number of imidazole rings is 1. The van der Waals surface area contributed by atoms with Crippen molar-refractivity contribution in [3.05, 3.63) is 12.7 Å². The van der Waals surface area contributed by atoms with E-state index in [1.54, 1.807) is 0 Å². The number of aromatic nitrogens is 4. The smallest absolute Gasteiger partial charge is 0.387 e. The molecule has 0 spiro atoms. The van der Waals surface area contributed by atoms with Gasteiger partial charge in [-0.3, -0.25) is 9.09 Å². The van der Waals surface area contributed by atoms with Crippen LogP contribution in [-0.2, 0) is 43.3 Å². The van der Waals surface area contributed by atoms with E-state index >= 15 is 0 Å². The molecule has 32 heavy (non-hydrogen) atoms. The summed E-state index contributed by atoms with van der Waals surface area (Å²) in [5.74, 6) is 0.0754. The van der Waals surface area contributed by atoms with Crippen LogP contribution in [0.1, 0.15) is 6.23 Å². The number of nitrogens with two attached hydrogens (primary N) is 1. The quantitative estimate of drug-likeness (QED) is 0.213. The van der Waals surface area contributed by atoms with Crippen molar-refractivity contribution in [3.63, 3.8) is 0 Å². The summed E-state index contributed by atoms with van der Waals surface area (Å²) in [7, 11) is -9.50. The zero-order valence-electron chi connectivity index (χ0n) is 15.9. The third-order valence-corrected chi connectivity index (χ3v) is 9.88. The van der Waals surface area contributed by atoms with Gasteiger partial charge in [0, 0.05) is 7.11 Å². The number of ether oxygens (including phenoxy) is 1. The number of hydrogen-bond donors (Lipinski definition) is 6. The van der Waals surface area contributed by atoms with Gasteiger partial charge < -0.3 is 39.9 Å². The average Bonchev–Trinajstić information content (AvgIpc) is 3.21. The summed E-state index contributed by atoms with van der Waals surface area (Å²) in [4.78, 5) is 39.3. The fourth-order valence-electron chi connectivity index (χ4n) is 2.68. The zero-order chi connectivity index (χ0) is 23.9. The predicted molar refractivity (Wildman–Crippen MR) is 107 cm³/mol. The second kappa shape index (κ2) is 9.37. The monoisotopic (exact) mass is 537 g/mol. The van der Waals surface area contributed by atoms with E-state index in [4.69, 9.17) is 20.3 Å². The lowest BCUT2D eigenvalue weighted by molar-refractivity contribution is -0.0502. The minimum absolute atomic E-state index is 0.0754. The summed E-state index contributed by atoms with van der Waals surface area (Å²) in [6.07, 6.45) is -3.29. The first-order valence-corrected chi connectivity index (χ1v) is 13.9. The van der Waals surface area contributed by atoms with Gasteiger partial charge in [-0.1, -0.05) is 0 Å². The molecule has 3 heterocycles. The molecule has 180 valence electrons. The standard InChI is InChI=1S/C11H18N5O12P3S/c1-24-31(32,27-29(19,20)21)28-30(22,23)25-2-5-7(17)8(18)11(26-5)16-4-15-6-9(12)13-3-14-10(6)16/h3-5,7-8,11,17-18H,2H2,1H3,(H,22,23)(H2,12,13,14)(H2,19,20,21)/t5-,7-,8-,11-,31?/m1/s1. The first kappa shape index (κ1) is 25.7. The molecule has 2 aromatic heterocycles. The molecule has 1 fully saturated rings. The van der Waals surface area contributed by atoms with Gasteiger partial charge in [0.25, 0.3) is 0 Å². The number of nitrogen functional groups attached to an aromatic ring is 1. The number of hydrogen-bond acceptors (Lipinski definition) is 14. The molecule has 1 aliphatic heterocycles. The van der Waals surface area contributed by atoms with E-state index in [9.17, 15) is 24.2 Å². The number of aliphatic hydroxyl groups is 2. The second-order valence-corrected chi connectivity index (χ2v) is 12.3. The zero-order valence-corrected chi connectivity index (χ0v) is 19.4. The van der Waals surface area contributed by atoms with Crippen molar-refractivity contribution in [1.82, 2.24) is 19.5 Å². The third-order valence-electron chi connectivity index (χ3n) is 4.03. The van der Waals surface area contributed by atoms with Gasteiger partial charge >= 0.3 is 22.4 Å². The van der Waals surface area contributed by atoms with Crippen molar-refractivity contribution < 1.29 is 56.4 Å². The normalized spacial score (nSPS) is 27.9. The van der Waals surface area contributed by atoms with Crippen molar-refractivity contribution in [2.24, 2.45) is 0 Å². The number of rotatable bonds is 9. The number of nitrogens with zero attached hydrogens (tertiary/aromatic N) is 4. The van der Waals surface area contributed by atoms with Crippen LogP contribution in [0.5, 0.6) is 0 Å². The largest absolute Gasteiger partial charge is 0.479 e. The molecule has 0 radical (unpaired) electrons. The van der Waals surface area contributed by atoms with Gasteiger partial charge in [0.2, 0.25) is 0 Å². The Morgan fingerprint density at radius 2 is 1.88 bits per heavy atom. The lowest BCUT2D eigenvalue weighted by atomic mass is 10.1. The first-order valence-electron chi connectivity index (χ1n) is 8.31. The highest BCUT2D eigenvalue weighted by atomic mass is 32.5. The van der Waals surface area contributed by atoms with Gasteiger partial charge in [-0.25, -0.2) is 32.7 Å². The molecular weight excluding hydrogens is 519 g/mol. The Hall–Kier alpha value is -0.940. The molecule has 0 bridgehead atoms. The molecule has 2 unspecified atom stereocenters. The van der Waals surface area contributed by atoms with Gasteiger partial charge in [-0.2, -0.15) is 0 Å². The van der Waals surface area contributed by atoms with Crippen molar-refractivity contribution in [2.75, 3.05) is 19.5 Å². The lowest BCUT2D eigenvalue weighted by Gasteiger charge is -2.23. The average molecular weight is 537 g/mol. The van der Waals surface area contributed by atoms with Crippen molar-refractivity contribution in [3.8, 4) is 0 Å². The Kier molecular flexibility index (Phi) is 7.52. The van der Waals surface area contributed by atoms with E-state index < -0.39 is 53.5 Å². The van der Waals surface area contributed by atoms with Crippen molar-refractivity contribution in [2.45, 2.75) is 24.5 Å². The summed E-state index contributed by atoms with van der Waals surface area (Å²) in [6.45, 7) is -5.18. The number of anilines is 1. The molecule has 3 rings (SSSR count). The van der Waals surface area contributed by atoms with Gasteiger partial charge in [-0.05, 0) is 11.8 Å². The third kappa shape index (κ3) is 5.75. The molecule has 1 aliphatic rings. The van der Waals surface area contributed by atoms with E-state index in [0.717, 1.165) is 13.4 Å². The van der Waals surface area contributed by atoms with Crippen LogP contribution in [0.25, 0.3) is 11.2 Å². The molecule has 1 saturated heterocycles. The molecule has 0 aliphatic carbocycles. The predicted octanol–water partition coefficient (Wildman–Crippen LogP) is -0.859. The number of aliphatic hydroxyl groups excluding tert-OH is 2. The van der Waals surface area contributed by atoms with Crippen LogP contribution in [0.2, 0.25) is 0 Å². The van der Waals surface area contributed by atoms with Crippen LogP contribution in [0, 0.1) is 0 Å². The maximum atomic E-state index is 12.2.